The van der Waals surface area contributed by atoms with Gasteiger partial charge in [-0.1, -0.05) is 20.3 Å². The molecule has 31 heavy (non-hydrogen) atoms. The van der Waals surface area contributed by atoms with Crippen molar-refractivity contribution in [3.05, 3.63) is 0 Å². The molecule has 9 nitrogen and oxygen atoms in total. The summed E-state index contributed by atoms with van der Waals surface area (Å²) in [5, 5.41) is 17.1. The zero-order chi connectivity index (χ0) is 24.0. The van der Waals surface area contributed by atoms with Gasteiger partial charge < -0.3 is 26.8 Å². The van der Waals surface area contributed by atoms with Crippen molar-refractivity contribution in [2.24, 2.45) is 11.7 Å². The largest absolute Gasteiger partial charge is 0.480 e. The van der Waals surface area contributed by atoms with E-state index in [1.165, 1.54) is 11.8 Å². The van der Waals surface area contributed by atoms with Gasteiger partial charge in [0.1, 0.15) is 18.1 Å². The Balaban J connectivity index is 5.22. The van der Waals surface area contributed by atoms with Gasteiger partial charge >= 0.3 is 5.97 Å². The number of thioether (sulfide) groups is 2. The average Bonchev–Trinajstić information content (AvgIpc) is 2.75. The van der Waals surface area contributed by atoms with Crippen molar-refractivity contribution in [2.45, 2.75) is 57.3 Å². The zero-order valence-corrected chi connectivity index (χ0v) is 21.1. The molecular formula is C19H36N4O5S3. The summed E-state index contributed by atoms with van der Waals surface area (Å²) in [7, 11) is 0. The van der Waals surface area contributed by atoms with Crippen molar-refractivity contribution in [3.63, 3.8) is 0 Å². The molecule has 0 rings (SSSR count). The van der Waals surface area contributed by atoms with Gasteiger partial charge in [-0.25, -0.2) is 4.79 Å². The maximum absolute atomic E-state index is 12.8. The van der Waals surface area contributed by atoms with Crippen LogP contribution in [0.5, 0.6) is 0 Å². The third kappa shape index (κ3) is 11.4. The number of carboxylic acid groups (broad SMARTS) is 1. The molecule has 180 valence electrons. The molecule has 0 aliphatic heterocycles. The summed E-state index contributed by atoms with van der Waals surface area (Å²) in [6.07, 6.45) is 5.08. The van der Waals surface area contributed by atoms with E-state index in [4.69, 9.17) is 5.73 Å². The third-order valence-corrected chi connectivity index (χ3v) is 6.46. The smallest absolute Gasteiger partial charge is 0.326 e. The maximum atomic E-state index is 12.8. The first kappa shape index (κ1) is 29.9. The number of hydrogen-bond acceptors (Lipinski definition) is 8. The maximum Gasteiger partial charge on any atom is 0.326 e. The van der Waals surface area contributed by atoms with Crippen LogP contribution in [0.2, 0.25) is 0 Å². The lowest BCUT2D eigenvalue weighted by Gasteiger charge is -2.27. The van der Waals surface area contributed by atoms with E-state index in [-0.39, 0.29) is 18.1 Å². The molecular weight excluding hydrogens is 460 g/mol. The second-order valence-corrected chi connectivity index (χ2v) is 9.52. The summed E-state index contributed by atoms with van der Waals surface area (Å²) >= 11 is 7.18. The number of hydrogen-bond donors (Lipinski definition) is 6. The summed E-state index contributed by atoms with van der Waals surface area (Å²) < 4.78 is 0. The van der Waals surface area contributed by atoms with Crippen molar-refractivity contribution < 1.29 is 24.3 Å². The molecule has 0 fully saturated rings. The molecule has 0 saturated heterocycles. The molecule has 6 N–H and O–H groups in total. The van der Waals surface area contributed by atoms with Crippen LogP contribution in [-0.4, -0.2) is 82.7 Å². The van der Waals surface area contributed by atoms with Crippen molar-refractivity contribution >= 4 is 59.8 Å². The first-order valence-corrected chi connectivity index (χ1v) is 13.5. The molecule has 0 bridgehead atoms. The molecule has 0 aliphatic rings. The van der Waals surface area contributed by atoms with Gasteiger partial charge in [0.15, 0.2) is 0 Å². The quantitative estimate of drug-likeness (QED) is 0.167. The molecule has 12 heteroatoms. The van der Waals surface area contributed by atoms with Gasteiger partial charge in [-0.05, 0) is 42.8 Å². The standard InChI is InChI=1S/C19H36N4O5S3/c1-5-11(2)15(18(26)21-13(19(27)28)7-9-31-4)23-17(25)14(10-29)22-16(24)12(20)6-8-30-3/h11-15,29H,5-10,20H2,1-4H3,(H,21,26)(H,22,24)(H,23,25)(H,27,28). The SMILES string of the molecule is CCC(C)C(NC(=O)C(CS)NC(=O)C(N)CCSC)C(=O)NC(CCSC)C(=O)O. The number of carbonyl (C=O) groups is 4. The Morgan fingerprint density at radius 3 is 1.97 bits per heavy atom. The number of carbonyl (C=O) groups excluding carboxylic acids is 3. The lowest BCUT2D eigenvalue weighted by Crippen LogP contribution is -2.59. The van der Waals surface area contributed by atoms with Crippen LogP contribution < -0.4 is 21.7 Å². The fourth-order valence-corrected chi connectivity index (χ4v) is 3.78. The summed E-state index contributed by atoms with van der Waals surface area (Å²) in [4.78, 5) is 49.3. The highest BCUT2D eigenvalue weighted by atomic mass is 32.2. The van der Waals surface area contributed by atoms with Crippen LogP contribution in [0.15, 0.2) is 0 Å². The predicted octanol–water partition coefficient (Wildman–Crippen LogP) is 0.335. The van der Waals surface area contributed by atoms with E-state index in [1.807, 2.05) is 19.4 Å². The summed E-state index contributed by atoms with van der Waals surface area (Å²) in [6.45, 7) is 3.65. The number of carboxylic acids is 1. The molecule has 5 unspecified atom stereocenters. The summed E-state index contributed by atoms with van der Waals surface area (Å²) in [5.41, 5.74) is 5.85. The number of nitrogens with two attached hydrogens (primary N) is 1. The molecule has 3 amide bonds. The Bertz CT molecular complexity index is 597. The van der Waals surface area contributed by atoms with Crippen LogP contribution in [0.3, 0.4) is 0 Å². The first-order valence-electron chi connectivity index (χ1n) is 10.1. The van der Waals surface area contributed by atoms with Crippen LogP contribution in [0.1, 0.15) is 33.1 Å². The normalized spacial score (nSPS) is 15.8. The van der Waals surface area contributed by atoms with E-state index in [2.05, 4.69) is 28.6 Å². The van der Waals surface area contributed by atoms with Crippen LogP contribution in [0.25, 0.3) is 0 Å². The van der Waals surface area contributed by atoms with E-state index < -0.39 is 47.9 Å². The Morgan fingerprint density at radius 2 is 1.48 bits per heavy atom. The van der Waals surface area contributed by atoms with Crippen molar-refractivity contribution in [1.29, 1.82) is 0 Å². The molecule has 0 saturated carbocycles. The van der Waals surface area contributed by atoms with Crippen molar-refractivity contribution in [3.8, 4) is 0 Å². The highest BCUT2D eigenvalue weighted by Gasteiger charge is 2.32. The fraction of sp³-hybridized carbons (Fsp3) is 0.789. The van der Waals surface area contributed by atoms with E-state index in [0.717, 1.165) is 0 Å². The third-order valence-electron chi connectivity index (χ3n) is 4.80. The van der Waals surface area contributed by atoms with Crippen LogP contribution in [0.4, 0.5) is 0 Å². The minimum atomic E-state index is -1.13. The molecule has 0 aromatic rings. The fourth-order valence-electron chi connectivity index (χ4n) is 2.56. The van der Waals surface area contributed by atoms with Gasteiger partial charge in [0.25, 0.3) is 0 Å². The van der Waals surface area contributed by atoms with E-state index in [9.17, 15) is 24.3 Å². The summed E-state index contributed by atoms with van der Waals surface area (Å²) in [5.74, 6) is -1.68. The Kier molecular flexibility index (Phi) is 15.9. The topological polar surface area (TPSA) is 151 Å². The lowest BCUT2D eigenvalue weighted by atomic mass is 9.97. The highest BCUT2D eigenvalue weighted by molar-refractivity contribution is 7.98. The molecule has 0 aliphatic carbocycles. The van der Waals surface area contributed by atoms with Gasteiger partial charge in [-0.15, -0.1) is 0 Å². The van der Waals surface area contributed by atoms with Crippen LogP contribution >= 0.6 is 36.2 Å². The minimum Gasteiger partial charge on any atom is -0.480 e. The Labute approximate surface area is 198 Å². The molecule has 0 aromatic heterocycles. The second kappa shape index (κ2) is 16.5. The molecule has 0 aromatic carbocycles. The van der Waals surface area contributed by atoms with Gasteiger partial charge in [0.05, 0.1) is 6.04 Å². The van der Waals surface area contributed by atoms with E-state index in [0.29, 0.717) is 24.3 Å². The van der Waals surface area contributed by atoms with Crippen molar-refractivity contribution in [2.75, 3.05) is 29.8 Å². The van der Waals surface area contributed by atoms with Gasteiger partial charge in [-0.3, -0.25) is 14.4 Å². The average molecular weight is 497 g/mol. The van der Waals surface area contributed by atoms with Gasteiger partial charge in [-0.2, -0.15) is 36.2 Å². The molecule has 5 atom stereocenters. The Hall–Kier alpha value is -1.11. The van der Waals surface area contributed by atoms with E-state index >= 15 is 0 Å². The number of thiol groups is 1. The van der Waals surface area contributed by atoms with Gasteiger partial charge in [0.2, 0.25) is 17.7 Å². The predicted molar refractivity (Wildman–Crippen MR) is 131 cm³/mol. The number of amides is 3. The first-order chi connectivity index (χ1) is 14.6. The Morgan fingerprint density at radius 1 is 0.935 bits per heavy atom. The number of rotatable bonds is 16. The van der Waals surface area contributed by atoms with E-state index in [1.54, 1.807) is 18.7 Å². The summed E-state index contributed by atoms with van der Waals surface area (Å²) in [6, 6.07) is -3.71. The molecule has 0 heterocycles. The van der Waals surface area contributed by atoms with Crippen molar-refractivity contribution in [1.82, 2.24) is 16.0 Å². The molecule has 0 spiro atoms. The van der Waals surface area contributed by atoms with Gasteiger partial charge in [0, 0.05) is 5.75 Å². The number of nitrogens with one attached hydrogen (secondary N) is 3. The lowest BCUT2D eigenvalue weighted by molar-refractivity contribution is -0.142. The van der Waals surface area contributed by atoms with Crippen LogP contribution in [0, 0.1) is 5.92 Å². The van der Waals surface area contributed by atoms with Crippen LogP contribution in [-0.2, 0) is 19.2 Å². The second-order valence-electron chi connectivity index (χ2n) is 7.18. The molecule has 0 radical (unpaired) electrons. The zero-order valence-electron chi connectivity index (χ0n) is 18.6. The highest BCUT2D eigenvalue weighted by Crippen LogP contribution is 2.10. The minimum absolute atomic E-state index is 0.0210. The monoisotopic (exact) mass is 496 g/mol. The number of aliphatic carboxylic acids is 1.